The third-order valence-corrected chi connectivity index (χ3v) is 2.52. The Morgan fingerprint density at radius 1 is 1.36 bits per heavy atom. The Bertz CT molecular complexity index is 251. The number of ether oxygens (including phenoxy) is 1. The quantitative estimate of drug-likeness (QED) is 0.457. The van der Waals surface area contributed by atoms with E-state index in [0.717, 1.165) is 0 Å². The lowest BCUT2D eigenvalue weighted by molar-refractivity contribution is -0.127. The minimum atomic E-state index is -0.551. The van der Waals surface area contributed by atoms with E-state index in [9.17, 15) is 4.79 Å². The molecule has 1 fully saturated rings. The monoisotopic (exact) mass is 192 g/mol. The van der Waals surface area contributed by atoms with Crippen LogP contribution in [0.1, 0.15) is 12.8 Å². The molecule has 0 aliphatic carbocycles. The van der Waals surface area contributed by atoms with E-state index in [1.807, 2.05) is 0 Å². The first kappa shape index (κ1) is 10.9. The number of allylic oxidation sites excluding steroid dienone is 3. The van der Waals surface area contributed by atoms with Gasteiger partial charge in [-0.3, -0.25) is 4.79 Å². The van der Waals surface area contributed by atoms with Gasteiger partial charge in [0.15, 0.2) is 5.78 Å². The molecule has 1 aliphatic rings. The average Bonchev–Trinajstić information content (AvgIpc) is 2.99. The van der Waals surface area contributed by atoms with Crippen molar-refractivity contribution in [3.63, 3.8) is 0 Å². The molecule has 0 aromatic carbocycles. The van der Waals surface area contributed by atoms with E-state index in [0.29, 0.717) is 19.4 Å². The molecule has 14 heavy (non-hydrogen) atoms. The maximum Gasteiger partial charge on any atom is 0.174 e. The van der Waals surface area contributed by atoms with Gasteiger partial charge in [-0.05, 0) is 12.8 Å². The number of ketones is 1. The molecule has 0 spiro atoms. The summed E-state index contributed by atoms with van der Waals surface area (Å²) in [6.07, 6.45) is 6.15. The molecule has 0 radical (unpaired) electrons. The Morgan fingerprint density at radius 2 is 1.86 bits per heavy atom. The average molecular weight is 192 g/mol. The molecule has 0 saturated carbocycles. The Labute approximate surface area is 85.0 Å². The fourth-order valence-electron chi connectivity index (χ4n) is 1.59. The van der Waals surface area contributed by atoms with Crippen LogP contribution in [0.4, 0.5) is 0 Å². The molecule has 1 heterocycles. The number of hydrogen-bond donors (Lipinski definition) is 0. The van der Waals surface area contributed by atoms with Crippen molar-refractivity contribution in [1.29, 1.82) is 0 Å². The summed E-state index contributed by atoms with van der Waals surface area (Å²) >= 11 is 0. The maximum atomic E-state index is 11.9. The van der Waals surface area contributed by atoms with Crippen LogP contribution in [0.15, 0.2) is 38.0 Å². The summed E-state index contributed by atoms with van der Waals surface area (Å²) in [6, 6.07) is 0. The van der Waals surface area contributed by atoms with Crippen LogP contribution in [-0.4, -0.2) is 18.5 Å². The van der Waals surface area contributed by atoms with E-state index in [2.05, 4.69) is 19.7 Å². The van der Waals surface area contributed by atoms with E-state index >= 15 is 0 Å². The largest absolute Gasteiger partial charge is 0.365 e. The smallest absolute Gasteiger partial charge is 0.174 e. The third kappa shape index (κ3) is 2.02. The number of epoxide rings is 1. The highest BCUT2D eigenvalue weighted by molar-refractivity contribution is 5.92. The van der Waals surface area contributed by atoms with Crippen molar-refractivity contribution >= 4 is 5.78 Å². The number of carbonyl (C=O) groups is 1. The fraction of sp³-hybridized carbons (Fsp3) is 0.417. The Balaban J connectivity index is 2.84. The lowest BCUT2D eigenvalue weighted by atomic mass is 9.76. The van der Waals surface area contributed by atoms with Gasteiger partial charge in [0.05, 0.1) is 12.0 Å². The zero-order valence-corrected chi connectivity index (χ0v) is 8.37. The van der Waals surface area contributed by atoms with E-state index in [1.165, 1.54) is 0 Å². The second-order valence-corrected chi connectivity index (χ2v) is 3.53. The molecule has 2 heteroatoms. The summed E-state index contributed by atoms with van der Waals surface area (Å²) in [7, 11) is 0. The van der Waals surface area contributed by atoms with Gasteiger partial charge in [0.1, 0.15) is 6.10 Å². The summed E-state index contributed by atoms with van der Waals surface area (Å²) < 4.78 is 5.00. The van der Waals surface area contributed by atoms with E-state index < -0.39 is 5.41 Å². The normalized spacial score (nSPS) is 19.9. The third-order valence-electron chi connectivity index (χ3n) is 2.52. The molecule has 1 rings (SSSR count). The lowest BCUT2D eigenvalue weighted by Crippen LogP contribution is -2.31. The van der Waals surface area contributed by atoms with Crippen molar-refractivity contribution in [1.82, 2.24) is 0 Å². The van der Waals surface area contributed by atoms with Crippen molar-refractivity contribution in [3.8, 4) is 0 Å². The molecule has 2 nitrogen and oxygen atoms in total. The van der Waals surface area contributed by atoms with Crippen LogP contribution in [-0.2, 0) is 9.53 Å². The number of rotatable bonds is 7. The Hall–Kier alpha value is -1.15. The predicted octanol–water partition coefficient (Wildman–Crippen LogP) is 2.28. The molecule has 0 bridgehead atoms. The van der Waals surface area contributed by atoms with E-state index in [1.54, 1.807) is 18.2 Å². The number of carbonyl (C=O) groups excluding carboxylic acids is 1. The molecule has 76 valence electrons. The molecule has 0 amide bonds. The highest BCUT2D eigenvalue weighted by Crippen LogP contribution is 2.34. The minimum absolute atomic E-state index is 0.104. The Kier molecular flexibility index (Phi) is 3.42. The van der Waals surface area contributed by atoms with Crippen molar-refractivity contribution < 1.29 is 9.53 Å². The summed E-state index contributed by atoms with van der Waals surface area (Å²) in [4.78, 5) is 11.9. The fourth-order valence-corrected chi connectivity index (χ4v) is 1.59. The van der Waals surface area contributed by atoms with Gasteiger partial charge in [-0.15, -0.1) is 19.7 Å². The molecule has 1 atom stereocenters. The summed E-state index contributed by atoms with van der Waals surface area (Å²) in [5.74, 6) is 0.104. The second-order valence-electron chi connectivity index (χ2n) is 3.53. The van der Waals surface area contributed by atoms with Gasteiger partial charge in [-0.2, -0.15) is 0 Å². The van der Waals surface area contributed by atoms with Gasteiger partial charge in [0.25, 0.3) is 0 Å². The number of hydrogen-bond acceptors (Lipinski definition) is 2. The van der Waals surface area contributed by atoms with Gasteiger partial charge >= 0.3 is 0 Å². The van der Waals surface area contributed by atoms with Crippen LogP contribution in [0, 0.1) is 5.41 Å². The zero-order chi connectivity index (χ0) is 10.6. The number of Topliss-reactive ketones (excluding diaryl/α,β-unsaturated/α-hetero) is 1. The molecule has 1 saturated heterocycles. The minimum Gasteiger partial charge on any atom is -0.365 e. The van der Waals surface area contributed by atoms with Crippen LogP contribution in [0.5, 0.6) is 0 Å². The summed E-state index contributed by atoms with van der Waals surface area (Å²) in [5.41, 5.74) is -0.551. The molecular weight excluding hydrogens is 176 g/mol. The second kappa shape index (κ2) is 4.38. The lowest BCUT2D eigenvalue weighted by Gasteiger charge is -2.25. The van der Waals surface area contributed by atoms with Gasteiger partial charge in [0.2, 0.25) is 0 Å². The molecular formula is C12H16O2. The van der Waals surface area contributed by atoms with Crippen LogP contribution in [0.25, 0.3) is 0 Å². The zero-order valence-electron chi connectivity index (χ0n) is 8.37. The first-order valence-electron chi connectivity index (χ1n) is 4.71. The Morgan fingerprint density at radius 3 is 2.14 bits per heavy atom. The van der Waals surface area contributed by atoms with Crippen LogP contribution in [0.3, 0.4) is 0 Å². The van der Waals surface area contributed by atoms with Crippen LogP contribution in [0.2, 0.25) is 0 Å². The first-order chi connectivity index (χ1) is 6.70. The van der Waals surface area contributed by atoms with Gasteiger partial charge < -0.3 is 4.74 Å². The molecule has 0 aromatic heterocycles. The molecule has 0 N–H and O–H groups in total. The van der Waals surface area contributed by atoms with Crippen LogP contribution < -0.4 is 0 Å². The molecule has 0 aromatic rings. The first-order valence-corrected chi connectivity index (χ1v) is 4.71. The van der Waals surface area contributed by atoms with E-state index in [4.69, 9.17) is 4.74 Å². The molecule has 1 aliphatic heterocycles. The predicted molar refractivity (Wildman–Crippen MR) is 57.0 cm³/mol. The SMILES string of the molecule is C=CCC(C=C)(CC=C)C(=O)[C@H]1CO1. The topological polar surface area (TPSA) is 29.6 Å². The summed E-state index contributed by atoms with van der Waals surface area (Å²) in [5, 5.41) is 0. The summed E-state index contributed by atoms with van der Waals surface area (Å²) in [6.45, 7) is 11.6. The standard InChI is InChI=1S/C12H16O2/c1-4-7-12(6-3,8-5-2)11(13)10-9-14-10/h4-6,10H,1-3,7-9H2/t10-/m1/s1. The van der Waals surface area contributed by atoms with E-state index in [-0.39, 0.29) is 11.9 Å². The highest BCUT2D eigenvalue weighted by atomic mass is 16.6. The highest BCUT2D eigenvalue weighted by Gasteiger charge is 2.43. The molecule has 0 unspecified atom stereocenters. The van der Waals surface area contributed by atoms with Crippen molar-refractivity contribution in [2.75, 3.05) is 6.61 Å². The van der Waals surface area contributed by atoms with Crippen LogP contribution >= 0.6 is 0 Å². The van der Waals surface area contributed by atoms with Gasteiger partial charge in [-0.1, -0.05) is 18.2 Å². The van der Waals surface area contributed by atoms with Crippen molar-refractivity contribution in [2.24, 2.45) is 5.41 Å². The van der Waals surface area contributed by atoms with Crippen molar-refractivity contribution in [3.05, 3.63) is 38.0 Å². The van der Waals surface area contributed by atoms with Gasteiger partial charge in [-0.25, -0.2) is 0 Å². The van der Waals surface area contributed by atoms with Gasteiger partial charge in [0, 0.05) is 0 Å². The van der Waals surface area contributed by atoms with Crippen molar-refractivity contribution in [2.45, 2.75) is 18.9 Å². The maximum absolute atomic E-state index is 11.9.